The SMILES string of the molecule is O=[N+]([O-])c1cc(Sc2cc(O)c(O)c([N+](=O)[O-])c2)cc(O)c1O. The van der Waals surface area contributed by atoms with Gasteiger partial charge in [-0.25, -0.2) is 0 Å². The van der Waals surface area contributed by atoms with Crippen LogP contribution in [0, 0.1) is 20.2 Å². The molecule has 2 aromatic carbocycles. The molecule has 0 radical (unpaired) electrons. The van der Waals surface area contributed by atoms with Crippen LogP contribution in [0.5, 0.6) is 23.0 Å². The second-order valence-electron chi connectivity index (χ2n) is 4.24. The molecule has 23 heavy (non-hydrogen) atoms. The van der Waals surface area contributed by atoms with Crippen LogP contribution in [0.25, 0.3) is 0 Å². The zero-order valence-electron chi connectivity index (χ0n) is 11.0. The van der Waals surface area contributed by atoms with Gasteiger partial charge < -0.3 is 20.4 Å². The van der Waals surface area contributed by atoms with E-state index >= 15 is 0 Å². The molecule has 0 bridgehead atoms. The van der Waals surface area contributed by atoms with Crippen molar-refractivity contribution in [3.05, 3.63) is 44.5 Å². The predicted molar refractivity (Wildman–Crippen MR) is 77.0 cm³/mol. The Morgan fingerprint density at radius 1 is 0.739 bits per heavy atom. The summed E-state index contributed by atoms with van der Waals surface area (Å²) < 4.78 is 0. The summed E-state index contributed by atoms with van der Waals surface area (Å²) in [4.78, 5) is 19.9. The largest absolute Gasteiger partial charge is 0.504 e. The van der Waals surface area contributed by atoms with E-state index in [4.69, 9.17) is 0 Å². The van der Waals surface area contributed by atoms with Gasteiger partial charge in [0.15, 0.2) is 11.5 Å². The van der Waals surface area contributed by atoms with Crippen LogP contribution in [-0.2, 0) is 0 Å². The molecule has 0 aromatic heterocycles. The van der Waals surface area contributed by atoms with Gasteiger partial charge >= 0.3 is 11.4 Å². The molecule has 0 aliphatic carbocycles. The highest BCUT2D eigenvalue weighted by Crippen LogP contribution is 2.44. The van der Waals surface area contributed by atoms with E-state index in [1.165, 1.54) is 0 Å². The Labute approximate surface area is 131 Å². The molecule has 4 N–H and O–H groups in total. The minimum atomic E-state index is -0.907. The maximum Gasteiger partial charge on any atom is 0.315 e. The Kier molecular flexibility index (Phi) is 4.14. The van der Waals surface area contributed by atoms with Gasteiger partial charge in [-0.15, -0.1) is 0 Å². The summed E-state index contributed by atoms with van der Waals surface area (Å²) in [5.41, 5.74) is -1.49. The monoisotopic (exact) mass is 340 g/mol. The summed E-state index contributed by atoms with van der Waals surface area (Å²) in [7, 11) is 0. The third kappa shape index (κ3) is 3.18. The molecular weight excluding hydrogens is 332 g/mol. The number of phenols is 4. The van der Waals surface area contributed by atoms with Crippen LogP contribution in [0.15, 0.2) is 34.1 Å². The zero-order valence-corrected chi connectivity index (χ0v) is 11.9. The first-order chi connectivity index (χ1) is 10.7. The number of nitro groups is 2. The number of hydrogen-bond donors (Lipinski definition) is 4. The lowest BCUT2D eigenvalue weighted by Gasteiger charge is -2.06. The van der Waals surface area contributed by atoms with Crippen LogP contribution in [0.3, 0.4) is 0 Å². The molecule has 0 amide bonds. The summed E-state index contributed by atoms with van der Waals surface area (Å²) in [6.07, 6.45) is 0. The topological polar surface area (TPSA) is 167 Å². The van der Waals surface area contributed by atoms with Gasteiger partial charge in [0.05, 0.1) is 9.85 Å². The zero-order chi connectivity index (χ0) is 17.3. The van der Waals surface area contributed by atoms with Crippen molar-refractivity contribution in [3.8, 4) is 23.0 Å². The highest BCUT2D eigenvalue weighted by atomic mass is 32.2. The average molecular weight is 340 g/mol. The Morgan fingerprint density at radius 3 is 1.39 bits per heavy atom. The number of phenolic OH excluding ortho intramolecular Hbond substituents is 4. The summed E-state index contributed by atoms with van der Waals surface area (Å²) in [6.45, 7) is 0. The molecule has 11 heteroatoms. The number of hydrogen-bond acceptors (Lipinski definition) is 9. The standard InChI is InChI=1S/C12H8N2O8S/c15-9-3-5(1-7(11(9)17)13(19)20)23-6-2-8(14(21)22)12(18)10(16)4-6/h1-4,15-18H. The van der Waals surface area contributed by atoms with E-state index < -0.39 is 44.2 Å². The fraction of sp³-hybridized carbons (Fsp3) is 0. The molecule has 0 saturated carbocycles. The van der Waals surface area contributed by atoms with Gasteiger partial charge in [0.1, 0.15) is 0 Å². The highest BCUT2D eigenvalue weighted by Gasteiger charge is 2.22. The van der Waals surface area contributed by atoms with Crippen LogP contribution in [-0.4, -0.2) is 30.3 Å². The summed E-state index contributed by atoms with van der Waals surface area (Å²) in [6, 6.07) is 3.94. The van der Waals surface area contributed by atoms with Crippen LogP contribution in [0.1, 0.15) is 0 Å². The van der Waals surface area contributed by atoms with Crippen molar-refractivity contribution in [3.63, 3.8) is 0 Å². The molecule has 0 saturated heterocycles. The van der Waals surface area contributed by atoms with E-state index in [0.29, 0.717) is 0 Å². The Hall–Kier alpha value is -3.21. The number of aromatic hydroxyl groups is 4. The van der Waals surface area contributed by atoms with Gasteiger partial charge in [0, 0.05) is 21.9 Å². The lowest BCUT2D eigenvalue weighted by molar-refractivity contribution is -0.386. The van der Waals surface area contributed by atoms with Crippen molar-refractivity contribution < 1.29 is 30.3 Å². The van der Waals surface area contributed by atoms with Gasteiger partial charge in [-0.3, -0.25) is 20.2 Å². The molecule has 0 unspecified atom stereocenters. The van der Waals surface area contributed by atoms with E-state index in [1.807, 2.05) is 0 Å². The Balaban J connectivity index is 2.48. The normalized spacial score (nSPS) is 10.4. The quantitative estimate of drug-likeness (QED) is 0.371. The lowest BCUT2D eigenvalue weighted by atomic mass is 10.2. The van der Waals surface area contributed by atoms with Gasteiger partial charge in [-0.2, -0.15) is 0 Å². The highest BCUT2D eigenvalue weighted by molar-refractivity contribution is 7.99. The summed E-state index contributed by atoms with van der Waals surface area (Å²) in [5, 5.41) is 59.3. The molecule has 0 fully saturated rings. The molecule has 0 aliphatic heterocycles. The van der Waals surface area contributed by atoms with Crippen LogP contribution in [0.2, 0.25) is 0 Å². The molecule has 0 heterocycles. The first kappa shape index (κ1) is 16.2. The molecule has 2 rings (SSSR count). The molecule has 0 aliphatic rings. The minimum absolute atomic E-state index is 0.0892. The second-order valence-corrected chi connectivity index (χ2v) is 5.38. The number of nitro benzene ring substituents is 2. The molecule has 2 aromatic rings. The van der Waals surface area contributed by atoms with Gasteiger partial charge in [-0.1, -0.05) is 11.8 Å². The third-order valence-corrected chi connectivity index (χ3v) is 3.66. The van der Waals surface area contributed by atoms with Gasteiger partial charge in [-0.05, 0) is 12.1 Å². The molecule has 10 nitrogen and oxygen atoms in total. The van der Waals surface area contributed by atoms with Crippen molar-refractivity contribution in [1.82, 2.24) is 0 Å². The summed E-state index contributed by atoms with van der Waals surface area (Å²) >= 11 is 0.745. The molecule has 0 spiro atoms. The van der Waals surface area contributed by atoms with Gasteiger partial charge in [0.2, 0.25) is 11.5 Å². The maximum absolute atomic E-state index is 10.8. The lowest BCUT2D eigenvalue weighted by Crippen LogP contribution is -1.91. The van der Waals surface area contributed by atoms with E-state index in [9.17, 15) is 40.7 Å². The fourth-order valence-electron chi connectivity index (χ4n) is 1.69. The average Bonchev–Trinajstić information content (AvgIpc) is 2.45. The van der Waals surface area contributed by atoms with Crippen molar-refractivity contribution >= 4 is 23.1 Å². The maximum atomic E-state index is 10.8. The third-order valence-electron chi connectivity index (χ3n) is 2.72. The van der Waals surface area contributed by atoms with Gasteiger partial charge in [0.25, 0.3) is 0 Å². The molecular formula is C12H8N2O8S. The van der Waals surface area contributed by atoms with Crippen molar-refractivity contribution in [2.75, 3.05) is 0 Å². The minimum Gasteiger partial charge on any atom is -0.504 e. The molecule has 120 valence electrons. The van der Waals surface area contributed by atoms with Crippen LogP contribution >= 0.6 is 11.8 Å². The number of nitrogens with zero attached hydrogens (tertiary/aromatic N) is 2. The van der Waals surface area contributed by atoms with E-state index in [-0.39, 0.29) is 9.79 Å². The van der Waals surface area contributed by atoms with Crippen molar-refractivity contribution in [2.24, 2.45) is 0 Å². The Morgan fingerprint density at radius 2 is 1.09 bits per heavy atom. The first-order valence-electron chi connectivity index (χ1n) is 5.79. The first-order valence-corrected chi connectivity index (χ1v) is 6.61. The van der Waals surface area contributed by atoms with Crippen molar-refractivity contribution in [2.45, 2.75) is 9.79 Å². The second kappa shape index (κ2) is 5.88. The fourth-order valence-corrected chi connectivity index (χ4v) is 2.64. The molecule has 0 atom stereocenters. The Bertz CT molecular complexity index is 756. The van der Waals surface area contributed by atoms with Crippen LogP contribution in [0.4, 0.5) is 11.4 Å². The van der Waals surface area contributed by atoms with E-state index in [0.717, 1.165) is 36.0 Å². The summed E-state index contributed by atoms with van der Waals surface area (Å²) in [5.74, 6) is -3.28. The number of benzene rings is 2. The smallest absolute Gasteiger partial charge is 0.315 e. The van der Waals surface area contributed by atoms with E-state index in [2.05, 4.69) is 0 Å². The van der Waals surface area contributed by atoms with Crippen LogP contribution < -0.4 is 0 Å². The van der Waals surface area contributed by atoms with Crippen molar-refractivity contribution in [1.29, 1.82) is 0 Å². The van der Waals surface area contributed by atoms with E-state index in [1.54, 1.807) is 0 Å². The predicted octanol–water partition coefficient (Wildman–Crippen LogP) is 2.48. The number of rotatable bonds is 4.